The molecule has 0 aromatic carbocycles. The topological polar surface area (TPSA) is 97.5 Å². The third-order valence-electron chi connectivity index (χ3n) is 5.44. The predicted molar refractivity (Wildman–Crippen MR) is 109 cm³/mol. The summed E-state index contributed by atoms with van der Waals surface area (Å²) in [5.41, 5.74) is 5.24. The number of aromatic nitrogens is 1. The van der Waals surface area contributed by atoms with E-state index >= 15 is 0 Å². The van der Waals surface area contributed by atoms with Crippen LogP contribution in [0.4, 0.5) is 10.6 Å². The number of nitrogen functional groups attached to an aromatic ring is 1. The number of pyridine rings is 1. The Balaban J connectivity index is 1.22. The van der Waals surface area contributed by atoms with E-state index in [-0.39, 0.29) is 12.0 Å². The standard InChI is InChI=1S/C20H26N4O3S/c1-20(2,3)27-19(26)24-9-13-12(14(13)10-24)4-5-22-18(25)15-6-11-7-17(21)23-8-16(11)28-15/h6-8,12-14H,4-5,9-10H2,1-3H3,(H2,21,23)(H,22,25)/t12-,13-,14+. The number of nitrogens with one attached hydrogen (secondary N) is 1. The van der Waals surface area contributed by atoms with Crippen molar-refractivity contribution in [2.24, 2.45) is 17.8 Å². The second-order valence-electron chi connectivity index (χ2n) is 8.68. The fourth-order valence-corrected chi connectivity index (χ4v) is 5.00. The van der Waals surface area contributed by atoms with Crippen LogP contribution in [0, 0.1) is 17.8 Å². The average Bonchev–Trinajstić information content (AvgIpc) is 2.99. The first kappa shape index (κ1) is 19.0. The molecule has 3 heterocycles. The van der Waals surface area contributed by atoms with E-state index in [1.807, 2.05) is 31.7 Å². The van der Waals surface area contributed by atoms with Crippen molar-refractivity contribution >= 4 is 39.2 Å². The number of hydrogen-bond donors (Lipinski definition) is 2. The van der Waals surface area contributed by atoms with Crippen molar-refractivity contribution < 1.29 is 14.3 Å². The molecule has 0 spiro atoms. The Morgan fingerprint density at radius 1 is 1.32 bits per heavy atom. The summed E-state index contributed by atoms with van der Waals surface area (Å²) < 4.78 is 6.40. The maximum absolute atomic E-state index is 12.4. The Labute approximate surface area is 168 Å². The molecule has 4 rings (SSSR count). The second kappa shape index (κ2) is 6.92. The van der Waals surface area contributed by atoms with Crippen LogP contribution in [0.2, 0.25) is 0 Å². The molecular formula is C20H26N4O3S. The van der Waals surface area contributed by atoms with E-state index in [1.54, 1.807) is 12.3 Å². The minimum absolute atomic E-state index is 0.0547. The van der Waals surface area contributed by atoms with Crippen LogP contribution in [-0.2, 0) is 4.74 Å². The van der Waals surface area contributed by atoms with E-state index < -0.39 is 5.60 Å². The average molecular weight is 403 g/mol. The van der Waals surface area contributed by atoms with Crippen LogP contribution < -0.4 is 11.1 Å². The zero-order valence-corrected chi connectivity index (χ0v) is 17.2. The largest absolute Gasteiger partial charge is 0.444 e. The molecule has 1 aliphatic carbocycles. The summed E-state index contributed by atoms with van der Waals surface area (Å²) in [4.78, 5) is 31.1. The van der Waals surface area contributed by atoms with E-state index in [0.29, 0.717) is 35.0 Å². The molecule has 2 aromatic heterocycles. The third-order valence-corrected chi connectivity index (χ3v) is 6.52. The lowest BCUT2D eigenvalue weighted by atomic mass is 10.2. The highest BCUT2D eigenvalue weighted by Crippen LogP contribution is 2.53. The highest BCUT2D eigenvalue weighted by molar-refractivity contribution is 7.20. The van der Waals surface area contributed by atoms with Crippen molar-refractivity contribution in [1.82, 2.24) is 15.2 Å². The molecule has 3 N–H and O–H groups in total. The Kier molecular flexibility index (Phi) is 4.69. The molecule has 2 aromatic rings. The Morgan fingerprint density at radius 3 is 2.71 bits per heavy atom. The fraction of sp³-hybridized carbons (Fsp3) is 0.550. The molecule has 3 atom stereocenters. The maximum Gasteiger partial charge on any atom is 0.410 e. The van der Waals surface area contributed by atoms with Gasteiger partial charge in [-0.3, -0.25) is 4.79 Å². The molecule has 150 valence electrons. The summed E-state index contributed by atoms with van der Waals surface area (Å²) in [7, 11) is 0. The summed E-state index contributed by atoms with van der Waals surface area (Å²) in [5.74, 6) is 2.08. The van der Waals surface area contributed by atoms with Gasteiger partial charge in [-0.2, -0.15) is 0 Å². The number of fused-ring (bicyclic) bond motifs is 2. The molecular weight excluding hydrogens is 376 g/mol. The quantitative estimate of drug-likeness (QED) is 0.819. The van der Waals surface area contributed by atoms with Gasteiger partial charge in [0.15, 0.2) is 0 Å². The van der Waals surface area contributed by atoms with Gasteiger partial charge in [0.05, 0.1) is 9.58 Å². The summed E-state index contributed by atoms with van der Waals surface area (Å²) >= 11 is 1.43. The van der Waals surface area contributed by atoms with E-state index in [2.05, 4.69) is 10.3 Å². The molecule has 0 bridgehead atoms. The van der Waals surface area contributed by atoms with Gasteiger partial charge in [0.2, 0.25) is 0 Å². The molecule has 2 aliphatic rings. The molecule has 1 saturated heterocycles. The Hall–Kier alpha value is -2.35. The monoisotopic (exact) mass is 402 g/mol. The molecule has 1 saturated carbocycles. The van der Waals surface area contributed by atoms with E-state index in [1.165, 1.54) is 11.3 Å². The first-order valence-corrected chi connectivity index (χ1v) is 10.4. The van der Waals surface area contributed by atoms with Crippen LogP contribution in [0.5, 0.6) is 0 Å². The molecule has 2 amide bonds. The van der Waals surface area contributed by atoms with Crippen LogP contribution in [-0.4, -0.2) is 47.1 Å². The van der Waals surface area contributed by atoms with Crippen molar-refractivity contribution in [3.8, 4) is 0 Å². The van der Waals surface area contributed by atoms with Crippen LogP contribution in [0.3, 0.4) is 0 Å². The molecule has 0 unspecified atom stereocenters. The summed E-state index contributed by atoms with van der Waals surface area (Å²) in [6.45, 7) is 7.84. The normalized spacial score (nSPS) is 23.5. The van der Waals surface area contributed by atoms with Gasteiger partial charge in [-0.05, 0) is 62.5 Å². The number of anilines is 1. The molecule has 28 heavy (non-hydrogen) atoms. The maximum atomic E-state index is 12.4. The number of thiophene rings is 1. The first-order chi connectivity index (χ1) is 13.2. The van der Waals surface area contributed by atoms with Crippen molar-refractivity contribution in [3.05, 3.63) is 23.2 Å². The molecule has 7 nitrogen and oxygen atoms in total. The Morgan fingerprint density at radius 2 is 2.04 bits per heavy atom. The van der Waals surface area contributed by atoms with Crippen molar-refractivity contribution in [1.29, 1.82) is 0 Å². The number of amides is 2. The minimum atomic E-state index is -0.456. The highest BCUT2D eigenvalue weighted by Gasteiger charge is 2.56. The van der Waals surface area contributed by atoms with Crippen molar-refractivity contribution in [2.75, 3.05) is 25.4 Å². The zero-order valence-electron chi connectivity index (χ0n) is 16.4. The number of nitrogens with two attached hydrogens (primary N) is 1. The van der Waals surface area contributed by atoms with Gasteiger partial charge in [0.1, 0.15) is 11.4 Å². The molecule has 2 fully saturated rings. The van der Waals surface area contributed by atoms with Crippen molar-refractivity contribution in [3.63, 3.8) is 0 Å². The fourth-order valence-electron chi connectivity index (χ4n) is 4.07. The number of hydrogen-bond acceptors (Lipinski definition) is 6. The van der Waals surface area contributed by atoms with Crippen molar-refractivity contribution in [2.45, 2.75) is 32.8 Å². The minimum Gasteiger partial charge on any atom is -0.444 e. The Bertz CT molecular complexity index is 908. The van der Waals surface area contributed by atoms with Gasteiger partial charge in [-0.15, -0.1) is 11.3 Å². The number of piperidine rings is 1. The van der Waals surface area contributed by atoms with Gasteiger partial charge in [0.25, 0.3) is 5.91 Å². The smallest absolute Gasteiger partial charge is 0.410 e. The van der Waals surface area contributed by atoms with Gasteiger partial charge in [-0.25, -0.2) is 9.78 Å². The number of carbonyl (C=O) groups is 2. The lowest BCUT2D eigenvalue weighted by Crippen LogP contribution is -2.37. The number of nitrogens with zero attached hydrogens (tertiary/aromatic N) is 2. The second-order valence-corrected chi connectivity index (χ2v) is 9.76. The summed E-state index contributed by atoms with van der Waals surface area (Å²) in [6, 6.07) is 3.64. The van der Waals surface area contributed by atoms with E-state index in [4.69, 9.17) is 10.5 Å². The molecule has 0 radical (unpaired) electrons. The first-order valence-electron chi connectivity index (χ1n) is 9.62. The van der Waals surface area contributed by atoms with Crippen LogP contribution >= 0.6 is 11.3 Å². The number of likely N-dealkylation sites (tertiary alicyclic amines) is 1. The van der Waals surface area contributed by atoms with E-state index in [9.17, 15) is 9.59 Å². The van der Waals surface area contributed by atoms with Gasteiger partial charge in [-0.1, -0.05) is 0 Å². The van der Waals surface area contributed by atoms with Gasteiger partial charge >= 0.3 is 6.09 Å². The van der Waals surface area contributed by atoms with Gasteiger partial charge in [0, 0.05) is 25.8 Å². The molecule has 8 heteroatoms. The summed E-state index contributed by atoms with van der Waals surface area (Å²) in [5, 5.41) is 3.96. The molecule has 1 aliphatic heterocycles. The zero-order chi connectivity index (χ0) is 20.1. The third kappa shape index (κ3) is 3.92. The van der Waals surface area contributed by atoms with Crippen LogP contribution in [0.25, 0.3) is 10.1 Å². The number of ether oxygens (including phenoxy) is 1. The number of carbonyl (C=O) groups excluding carboxylic acids is 2. The summed E-state index contributed by atoms with van der Waals surface area (Å²) in [6.07, 6.45) is 2.43. The number of rotatable bonds is 4. The van der Waals surface area contributed by atoms with Gasteiger partial charge < -0.3 is 20.7 Å². The highest BCUT2D eigenvalue weighted by atomic mass is 32.1. The predicted octanol–water partition coefficient (Wildman–Crippen LogP) is 3.11. The lowest BCUT2D eigenvalue weighted by Gasteiger charge is -2.25. The van der Waals surface area contributed by atoms with Crippen LogP contribution in [0.15, 0.2) is 18.3 Å². The van der Waals surface area contributed by atoms with Crippen LogP contribution in [0.1, 0.15) is 36.9 Å². The van der Waals surface area contributed by atoms with E-state index in [0.717, 1.165) is 29.6 Å². The SMILES string of the molecule is CC(C)(C)OC(=O)N1C[C@@H]2[C@@H](CCNC(=O)c3cc4cc(N)ncc4s3)[C@@H]2C1. The lowest BCUT2D eigenvalue weighted by molar-refractivity contribution is 0.0265.